The quantitative estimate of drug-likeness (QED) is 0.698. The molecule has 1 N–H and O–H groups in total. The van der Waals surface area contributed by atoms with Crippen LogP contribution in [0.1, 0.15) is 39.0 Å². The Bertz CT molecular complexity index is 455. The Morgan fingerprint density at radius 1 is 0.850 bits per heavy atom. The van der Waals surface area contributed by atoms with E-state index in [-0.39, 0.29) is 23.7 Å². The van der Waals surface area contributed by atoms with Crippen LogP contribution in [0, 0.1) is 17.8 Å². The van der Waals surface area contributed by atoms with Crippen LogP contribution >= 0.6 is 23.5 Å². The fourth-order valence-corrected chi connectivity index (χ4v) is 8.54. The van der Waals surface area contributed by atoms with Crippen molar-refractivity contribution in [2.45, 2.75) is 60.0 Å². The van der Waals surface area contributed by atoms with Crippen LogP contribution in [0.5, 0.6) is 0 Å². The minimum Gasteiger partial charge on any atom is -0.296 e. The van der Waals surface area contributed by atoms with Crippen molar-refractivity contribution < 1.29 is 9.59 Å². The maximum atomic E-state index is 11.9. The highest BCUT2D eigenvalue weighted by atomic mass is 32.2. The molecule has 4 aliphatic rings. The predicted octanol–water partition coefficient (Wildman–Crippen LogP) is 2.44. The van der Waals surface area contributed by atoms with Crippen LogP contribution in [0.4, 0.5) is 0 Å². The van der Waals surface area contributed by atoms with E-state index < -0.39 is 0 Å². The number of rotatable bonds is 0. The van der Waals surface area contributed by atoms with Crippen molar-refractivity contribution in [1.29, 1.82) is 0 Å². The second-order valence-electron chi connectivity index (χ2n) is 6.88. The standard InChI is InChI=1S/C15H21NO2S2/c1-7-2-3-10-11(4-7)20-13-6-9-8(5-12(13)19-10)14(17)16-15(9)18/h7-13H,2-6H2,1H3,(H,16,17,18). The molecule has 0 aromatic rings. The third-order valence-corrected chi connectivity index (χ3v) is 9.36. The van der Waals surface area contributed by atoms with Gasteiger partial charge in [-0.25, -0.2) is 0 Å². The van der Waals surface area contributed by atoms with Gasteiger partial charge >= 0.3 is 0 Å². The van der Waals surface area contributed by atoms with Crippen LogP contribution in [0.15, 0.2) is 0 Å². The Balaban J connectivity index is 1.51. The molecule has 2 amide bonds. The molecule has 20 heavy (non-hydrogen) atoms. The van der Waals surface area contributed by atoms with Crippen molar-refractivity contribution in [1.82, 2.24) is 5.32 Å². The van der Waals surface area contributed by atoms with Crippen molar-refractivity contribution in [3.8, 4) is 0 Å². The molecule has 0 radical (unpaired) electrons. The van der Waals surface area contributed by atoms with Crippen LogP contribution < -0.4 is 5.32 Å². The van der Waals surface area contributed by atoms with Crippen molar-refractivity contribution in [3.05, 3.63) is 0 Å². The lowest BCUT2D eigenvalue weighted by molar-refractivity contribution is -0.126. The molecule has 7 atom stereocenters. The highest BCUT2D eigenvalue weighted by Crippen LogP contribution is 2.54. The first kappa shape index (κ1) is 13.5. The fourth-order valence-electron chi connectivity index (χ4n) is 4.35. The predicted molar refractivity (Wildman–Crippen MR) is 82.7 cm³/mol. The van der Waals surface area contributed by atoms with Gasteiger partial charge in [-0.05, 0) is 38.0 Å². The smallest absolute Gasteiger partial charge is 0.230 e. The average Bonchev–Trinajstić information content (AvgIpc) is 2.69. The summed E-state index contributed by atoms with van der Waals surface area (Å²) in [5.74, 6) is 0.769. The number of thioether (sulfide) groups is 2. The van der Waals surface area contributed by atoms with Crippen LogP contribution in [0.3, 0.4) is 0 Å². The molecule has 7 unspecified atom stereocenters. The number of amides is 2. The van der Waals surface area contributed by atoms with E-state index in [1.54, 1.807) is 0 Å². The zero-order valence-corrected chi connectivity index (χ0v) is 13.3. The SMILES string of the molecule is CC1CCC2SC3CC4C(=O)NC(=O)C4CC3SC2C1. The summed E-state index contributed by atoms with van der Waals surface area (Å²) in [7, 11) is 0. The van der Waals surface area contributed by atoms with Crippen LogP contribution in [0.2, 0.25) is 0 Å². The normalized spacial score (nSPS) is 51.0. The minimum atomic E-state index is -0.0329. The van der Waals surface area contributed by atoms with Gasteiger partial charge in [0.05, 0.1) is 11.8 Å². The van der Waals surface area contributed by atoms with Crippen LogP contribution in [0.25, 0.3) is 0 Å². The Morgan fingerprint density at radius 3 is 2.05 bits per heavy atom. The largest absolute Gasteiger partial charge is 0.296 e. The summed E-state index contributed by atoms with van der Waals surface area (Å²) in [4.78, 5) is 23.8. The number of nitrogens with one attached hydrogen (secondary N) is 1. The molecule has 5 heteroatoms. The van der Waals surface area contributed by atoms with Crippen molar-refractivity contribution in [3.63, 3.8) is 0 Å². The highest BCUT2D eigenvalue weighted by molar-refractivity contribution is 8.08. The Labute approximate surface area is 128 Å². The third-order valence-electron chi connectivity index (χ3n) is 5.49. The molecule has 110 valence electrons. The molecule has 0 aromatic carbocycles. The van der Waals surface area contributed by atoms with E-state index in [1.165, 1.54) is 19.3 Å². The van der Waals surface area contributed by atoms with E-state index in [4.69, 9.17) is 0 Å². The van der Waals surface area contributed by atoms with Crippen LogP contribution in [-0.4, -0.2) is 32.8 Å². The zero-order valence-electron chi connectivity index (χ0n) is 11.7. The molecule has 2 heterocycles. The molecule has 0 aromatic heterocycles. The lowest BCUT2D eigenvalue weighted by Crippen LogP contribution is -2.45. The molecule has 2 aliphatic heterocycles. The van der Waals surface area contributed by atoms with Gasteiger partial charge in [-0.2, -0.15) is 23.5 Å². The summed E-state index contributed by atoms with van der Waals surface area (Å²) in [6, 6.07) is 0. The van der Waals surface area contributed by atoms with Gasteiger partial charge in [-0.1, -0.05) is 6.92 Å². The summed E-state index contributed by atoms with van der Waals surface area (Å²) in [6.07, 6.45) is 5.87. The maximum absolute atomic E-state index is 11.9. The van der Waals surface area contributed by atoms with Crippen molar-refractivity contribution >= 4 is 35.3 Å². The highest BCUT2D eigenvalue weighted by Gasteiger charge is 2.52. The lowest BCUT2D eigenvalue weighted by Gasteiger charge is -2.47. The molecule has 4 rings (SSSR count). The molecule has 2 saturated heterocycles. The van der Waals surface area contributed by atoms with E-state index in [0.29, 0.717) is 10.5 Å². The second-order valence-corrected chi connectivity index (χ2v) is 9.85. The minimum absolute atomic E-state index is 0.0107. The molecule has 2 aliphatic carbocycles. The van der Waals surface area contributed by atoms with Crippen molar-refractivity contribution in [2.24, 2.45) is 17.8 Å². The number of carbonyl (C=O) groups is 2. The molecule has 2 saturated carbocycles. The van der Waals surface area contributed by atoms with Gasteiger partial charge in [0.25, 0.3) is 0 Å². The first-order valence-electron chi connectivity index (χ1n) is 7.77. The third kappa shape index (κ3) is 2.12. The summed E-state index contributed by atoms with van der Waals surface area (Å²) >= 11 is 4.28. The summed E-state index contributed by atoms with van der Waals surface area (Å²) < 4.78 is 0. The number of hydrogen-bond acceptors (Lipinski definition) is 4. The van der Waals surface area contributed by atoms with E-state index in [9.17, 15) is 9.59 Å². The molecule has 0 spiro atoms. The van der Waals surface area contributed by atoms with E-state index in [0.717, 1.165) is 29.3 Å². The Morgan fingerprint density at radius 2 is 1.40 bits per heavy atom. The van der Waals surface area contributed by atoms with Crippen molar-refractivity contribution in [2.75, 3.05) is 0 Å². The topological polar surface area (TPSA) is 46.2 Å². The molecular formula is C15H21NO2S2. The van der Waals surface area contributed by atoms with E-state index in [2.05, 4.69) is 35.8 Å². The number of fused-ring (bicyclic) bond motifs is 3. The Hall–Kier alpha value is -0.160. The van der Waals surface area contributed by atoms with Gasteiger partial charge in [0.15, 0.2) is 0 Å². The fraction of sp³-hybridized carbons (Fsp3) is 0.867. The van der Waals surface area contributed by atoms with Gasteiger partial charge in [0, 0.05) is 21.0 Å². The maximum Gasteiger partial charge on any atom is 0.230 e. The molecule has 4 fully saturated rings. The van der Waals surface area contributed by atoms with E-state index in [1.807, 2.05) is 0 Å². The average molecular weight is 311 g/mol. The summed E-state index contributed by atoms with van der Waals surface area (Å²) in [5, 5.41) is 5.29. The van der Waals surface area contributed by atoms with Gasteiger partial charge in [0.1, 0.15) is 0 Å². The number of imide groups is 1. The van der Waals surface area contributed by atoms with Gasteiger partial charge < -0.3 is 0 Å². The lowest BCUT2D eigenvalue weighted by atomic mass is 9.80. The summed E-state index contributed by atoms with van der Waals surface area (Å²) in [6.45, 7) is 2.37. The number of carbonyl (C=O) groups excluding carboxylic acids is 2. The number of hydrogen-bond donors (Lipinski definition) is 1. The van der Waals surface area contributed by atoms with E-state index >= 15 is 0 Å². The second kappa shape index (κ2) is 4.94. The first-order chi connectivity index (χ1) is 9.61. The Kier molecular flexibility index (Phi) is 3.33. The van der Waals surface area contributed by atoms with Gasteiger partial charge in [-0.15, -0.1) is 0 Å². The summed E-state index contributed by atoms with van der Waals surface area (Å²) in [5.41, 5.74) is 0. The molecule has 0 bridgehead atoms. The zero-order chi connectivity index (χ0) is 13.9. The molecular weight excluding hydrogens is 290 g/mol. The first-order valence-corrected chi connectivity index (χ1v) is 9.66. The van der Waals surface area contributed by atoms with Gasteiger partial charge in [-0.3, -0.25) is 14.9 Å². The van der Waals surface area contributed by atoms with Crippen LogP contribution in [-0.2, 0) is 9.59 Å². The van der Waals surface area contributed by atoms with Gasteiger partial charge in [0.2, 0.25) is 11.8 Å². The molecule has 3 nitrogen and oxygen atoms in total. The monoisotopic (exact) mass is 311 g/mol.